The Morgan fingerprint density at radius 3 is 2.40 bits per heavy atom. The average Bonchev–Trinajstić information content (AvgIpc) is 1.87. The molecule has 0 rings (SSSR count). The Kier molecular flexibility index (Phi) is 6.25. The summed E-state index contributed by atoms with van der Waals surface area (Å²) >= 11 is 11.3. The van der Waals surface area contributed by atoms with Crippen LogP contribution in [0.25, 0.3) is 0 Å². The first-order valence-corrected chi connectivity index (χ1v) is 4.50. The molecule has 0 saturated heterocycles. The minimum atomic E-state index is 0.235. The van der Waals surface area contributed by atoms with E-state index < -0.39 is 0 Å². The van der Waals surface area contributed by atoms with E-state index in [2.05, 4.69) is 19.1 Å². The number of hydrogen-bond acceptors (Lipinski definition) is 0. The fourth-order valence-corrected chi connectivity index (χ4v) is 0.756. The number of allylic oxidation sites excluding steroid dienone is 2. The molecule has 0 aromatic rings. The lowest BCUT2D eigenvalue weighted by Crippen LogP contribution is -1.91. The predicted octanol–water partition coefficient (Wildman–Crippen LogP) is 3.43. The maximum Gasteiger partial charge on any atom is 0.0342 e. The molecule has 2 unspecified atom stereocenters. The molecule has 0 radical (unpaired) electrons. The van der Waals surface area contributed by atoms with Gasteiger partial charge in [0.05, 0.1) is 0 Å². The van der Waals surface area contributed by atoms with Gasteiger partial charge in [-0.3, -0.25) is 0 Å². The van der Waals surface area contributed by atoms with Crippen LogP contribution in [0.2, 0.25) is 0 Å². The van der Waals surface area contributed by atoms with Crippen LogP contribution in [0.3, 0.4) is 0 Å². The van der Waals surface area contributed by atoms with Gasteiger partial charge >= 0.3 is 0 Å². The minimum Gasteiger partial charge on any atom is -0.126 e. The van der Waals surface area contributed by atoms with Gasteiger partial charge in [-0.1, -0.05) is 19.1 Å². The van der Waals surface area contributed by atoms with Gasteiger partial charge in [-0.25, -0.2) is 0 Å². The molecule has 0 aromatic heterocycles. The fourth-order valence-electron chi connectivity index (χ4n) is 0.550. The van der Waals surface area contributed by atoms with Crippen molar-refractivity contribution in [2.45, 2.75) is 25.6 Å². The largest absolute Gasteiger partial charge is 0.126 e. The van der Waals surface area contributed by atoms with Crippen LogP contribution in [0.1, 0.15) is 20.3 Å². The van der Waals surface area contributed by atoms with Crippen molar-refractivity contribution in [3.05, 3.63) is 12.2 Å². The van der Waals surface area contributed by atoms with Gasteiger partial charge in [-0.15, -0.1) is 23.2 Å². The molecule has 0 heterocycles. The van der Waals surface area contributed by atoms with Crippen molar-refractivity contribution < 1.29 is 0 Å². The molecule has 0 saturated carbocycles. The summed E-state index contributed by atoms with van der Waals surface area (Å²) < 4.78 is 0. The maximum absolute atomic E-state index is 5.72. The molecule has 0 aliphatic rings. The van der Waals surface area contributed by atoms with E-state index in [0.29, 0.717) is 11.8 Å². The molecule has 0 aromatic carbocycles. The lowest BCUT2D eigenvalue weighted by atomic mass is 10.2. The summed E-state index contributed by atoms with van der Waals surface area (Å²) in [7, 11) is 0. The van der Waals surface area contributed by atoms with Crippen LogP contribution in [0.4, 0.5) is 0 Å². The molecule has 60 valence electrons. The molecule has 0 spiro atoms. The first-order valence-electron chi connectivity index (χ1n) is 3.53. The predicted molar refractivity (Wildman–Crippen MR) is 49.0 cm³/mol. The summed E-state index contributed by atoms with van der Waals surface area (Å²) in [4.78, 5) is 0. The highest BCUT2D eigenvalue weighted by Crippen LogP contribution is 2.04. The Hall–Kier alpha value is 0.320. The second kappa shape index (κ2) is 6.06. The third kappa shape index (κ3) is 6.44. The molecule has 0 N–H and O–H groups in total. The van der Waals surface area contributed by atoms with Crippen molar-refractivity contribution >= 4 is 23.2 Å². The van der Waals surface area contributed by atoms with Crippen molar-refractivity contribution in [1.29, 1.82) is 0 Å². The van der Waals surface area contributed by atoms with Crippen LogP contribution in [-0.4, -0.2) is 11.3 Å². The van der Waals surface area contributed by atoms with Gasteiger partial charge in [0.1, 0.15) is 0 Å². The Bertz CT molecular complexity index is 97.4. The quantitative estimate of drug-likeness (QED) is 0.460. The highest BCUT2D eigenvalue weighted by atomic mass is 35.5. The molecular formula is C8H14Cl2. The normalized spacial score (nSPS) is 17.6. The molecule has 2 heteroatoms. The van der Waals surface area contributed by atoms with Gasteiger partial charge in [0.15, 0.2) is 0 Å². The van der Waals surface area contributed by atoms with Crippen molar-refractivity contribution in [2.24, 2.45) is 5.92 Å². The van der Waals surface area contributed by atoms with Crippen LogP contribution in [-0.2, 0) is 0 Å². The van der Waals surface area contributed by atoms with Crippen LogP contribution < -0.4 is 0 Å². The SMILES string of the molecule is CC(Cl)CC=CC(C)CCl. The van der Waals surface area contributed by atoms with Crippen LogP contribution in [0, 0.1) is 5.92 Å². The molecular weight excluding hydrogens is 167 g/mol. The zero-order chi connectivity index (χ0) is 7.98. The van der Waals surface area contributed by atoms with Crippen LogP contribution in [0.15, 0.2) is 12.2 Å². The summed E-state index contributed by atoms with van der Waals surface area (Å²) in [5.74, 6) is 1.16. The van der Waals surface area contributed by atoms with Crippen molar-refractivity contribution in [3.63, 3.8) is 0 Å². The van der Waals surface area contributed by atoms with E-state index in [1.165, 1.54) is 0 Å². The Balaban J connectivity index is 3.36. The molecule has 0 nitrogen and oxygen atoms in total. The van der Waals surface area contributed by atoms with E-state index >= 15 is 0 Å². The Labute approximate surface area is 73.2 Å². The highest BCUT2D eigenvalue weighted by molar-refractivity contribution is 6.20. The van der Waals surface area contributed by atoms with Crippen LogP contribution >= 0.6 is 23.2 Å². The standard InChI is InChI=1S/C8H14Cl2/c1-7(6-9)4-3-5-8(2)10/h3-4,7-8H,5-6H2,1-2H3. The molecule has 0 aliphatic heterocycles. The summed E-state index contributed by atoms with van der Waals surface area (Å²) in [5.41, 5.74) is 0. The summed E-state index contributed by atoms with van der Waals surface area (Å²) in [6, 6.07) is 0. The minimum absolute atomic E-state index is 0.235. The van der Waals surface area contributed by atoms with Crippen LogP contribution in [0.5, 0.6) is 0 Å². The van der Waals surface area contributed by atoms with Gasteiger partial charge in [-0.2, -0.15) is 0 Å². The zero-order valence-corrected chi connectivity index (χ0v) is 7.99. The first kappa shape index (κ1) is 10.3. The highest BCUT2D eigenvalue weighted by Gasteiger charge is 1.93. The van der Waals surface area contributed by atoms with Gasteiger partial charge < -0.3 is 0 Å². The summed E-state index contributed by atoms with van der Waals surface area (Å²) in [5, 5.41) is 0.235. The summed E-state index contributed by atoms with van der Waals surface area (Å²) in [6.45, 7) is 4.07. The van der Waals surface area contributed by atoms with Gasteiger partial charge in [0.2, 0.25) is 0 Å². The Morgan fingerprint density at radius 2 is 2.00 bits per heavy atom. The van der Waals surface area contributed by atoms with E-state index in [4.69, 9.17) is 23.2 Å². The molecule has 2 atom stereocenters. The number of halogens is 2. The second-order valence-corrected chi connectivity index (χ2v) is 3.63. The molecule has 0 fully saturated rings. The lowest BCUT2D eigenvalue weighted by Gasteiger charge is -1.98. The smallest absolute Gasteiger partial charge is 0.0342 e. The molecule has 0 bridgehead atoms. The van der Waals surface area contributed by atoms with Crippen molar-refractivity contribution in [2.75, 3.05) is 5.88 Å². The van der Waals surface area contributed by atoms with E-state index in [-0.39, 0.29) is 5.38 Å². The van der Waals surface area contributed by atoms with E-state index in [1.54, 1.807) is 0 Å². The number of alkyl halides is 2. The summed E-state index contributed by atoms with van der Waals surface area (Å²) in [6.07, 6.45) is 5.12. The van der Waals surface area contributed by atoms with Crippen molar-refractivity contribution in [1.82, 2.24) is 0 Å². The fraction of sp³-hybridized carbons (Fsp3) is 0.750. The second-order valence-electron chi connectivity index (χ2n) is 2.58. The van der Waals surface area contributed by atoms with E-state index in [9.17, 15) is 0 Å². The monoisotopic (exact) mass is 180 g/mol. The van der Waals surface area contributed by atoms with E-state index in [1.807, 2.05) is 6.92 Å². The van der Waals surface area contributed by atoms with Gasteiger partial charge in [0, 0.05) is 11.3 Å². The maximum atomic E-state index is 5.72. The number of rotatable bonds is 4. The average molecular weight is 181 g/mol. The zero-order valence-electron chi connectivity index (χ0n) is 6.48. The van der Waals surface area contributed by atoms with Crippen molar-refractivity contribution in [3.8, 4) is 0 Å². The molecule has 0 amide bonds. The first-order chi connectivity index (χ1) is 4.66. The lowest BCUT2D eigenvalue weighted by molar-refractivity contribution is 0.828. The number of hydrogen-bond donors (Lipinski definition) is 0. The molecule has 0 aliphatic carbocycles. The third-order valence-corrected chi connectivity index (χ3v) is 1.83. The topological polar surface area (TPSA) is 0 Å². The van der Waals surface area contributed by atoms with E-state index in [0.717, 1.165) is 6.42 Å². The Morgan fingerprint density at radius 1 is 1.40 bits per heavy atom. The third-order valence-electron chi connectivity index (χ3n) is 1.17. The molecule has 10 heavy (non-hydrogen) atoms. The van der Waals surface area contributed by atoms with Gasteiger partial charge in [-0.05, 0) is 19.3 Å². The van der Waals surface area contributed by atoms with Gasteiger partial charge in [0.25, 0.3) is 0 Å².